The van der Waals surface area contributed by atoms with Crippen molar-refractivity contribution in [2.24, 2.45) is 5.73 Å². The molecule has 1 aliphatic rings. The Kier molecular flexibility index (Phi) is 3.39. The van der Waals surface area contributed by atoms with Crippen LogP contribution in [0, 0.1) is 0 Å². The van der Waals surface area contributed by atoms with Gasteiger partial charge in [-0.05, 0) is 25.0 Å². The Morgan fingerprint density at radius 1 is 1.35 bits per heavy atom. The lowest BCUT2D eigenvalue weighted by atomic mass is 10.1. The molecule has 0 spiro atoms. The zero-order valence-corrected chi connectivity index (χ0v) is 9.31. The molecule has 0 aromatic heterocycles. The summed E-state index contributed by atoms with van der Waals surface area (Å²) >= 11 is 0. The van der Waals surface area contributed by atoms with Crippen LogP contribution < -0.4 is 11.1 Å². The van der Waals surface area contributed by atoms with Gasteiger partial charge in [0.1, 0.15) is 6.10 Å². The molecule has 1 aromatic carbocycles. The van der Waals surface area contributed by atoms with Gasteiger partial charge in [0, 0.05) is 6.61 Å². The van der Waals surface area contributed by atoms with Crippen LogP contribution in [0.3, 0.4) is 0 Å². The maximum absolute atomic E-state index is 11.8. The monoisotopic (exact) mass is 234 g/mol. The fourth-order valence-corrected chi connectivity index (χ4v) is 1.80. The highest BCUT2D eigenvalue weighted by Crippen LogP contribution is 2.18. The van der Waals surface area contributed by atoms with Crippen molar-refractivity contribution in [2.45, 2.75) is 18.9 Å². The first kappa shape index (κ1) is 11.6. The van der Waals surface area contributed by atoms with E-state index in [1.807, 2.05) is 0 Å². The highest BCUT2D eigenvalue weighted by Gasteiger charge is 2.24. The van der Waals surface area contributed by atoms with E-state index in [1.54, 1.807) is 24.3 Å². The molecular formula is C12H14N2O3. The lowest BCUT2D eigenvalue weighted by Gasteiger charge is -2.12. The largest absolute Gasteiger partial charge is 0.368 e. The quantitative estimate of drug-likeness (QED) is 0.815. The number of benzene rings is 1. The number of carbonyl (C=O) groups excluding carboxylic acids is 2. The summed E-state index contributed by atoms with van der Waals surface area (Å²) in [4.78, 5) is 23.0. The SMILES string of the molecule is NC(=O)c1ccccc1NC(=O)[C@H]1CCCO1. The minimum Gasteiger partial charge on any atom is -0.368 e. The van der Waals surface area contributed by atoms with E-state index in [2.05, 4.69) is 5.32 Å². The lowest BCUT2D eigenvalue weighted by Crippen LogP contribution is -2.28. The third kappa shape index (κ3) is 2.62. The number of primary amides is 1. The maximum atomic E-state index is 11.8. The molecule has 2 amide bonds. The number of ether oxygens (including phenoxy) is 1. The summed E-state index contributed by atoms with van der Waals surface area (Å²) in [5.74, 6) is -0.788. The number of hydrogen-bond acceptors (Lipinski definition) is 3. The zero-order valence-electron chi connectivity index (χ0n) is 9.31. The second-order valence-corrected chi connectivity index (χ2v) is 3.90. The van der Waals surface area contributed by atoms with Gasteiger partial charge in [-0.25, -0.2) is 0 Å². The van der Waals surface area contributed by atoms with E-state index in [-0.39, 0.29) is 5.91 Å². The average Bonchev–Trinajstić information content (AvgIpc) is 2.83. The first-order chi connectivity index (χ1) is 8.18. The van der Waals surface area contributed by atoms with Gasteiger partial charge in [-0.2, -0.15) is 0 Å². The van der Waals surface area contributed by atoms with Crippen LogP contribution in [0.2, 0.25) is 0 Å². The van der Waals surface area contributed by atoms with Crippen LogP contribution in [0.25, 0.3) is 0 Å². The third-order valence-electron chi connectivity index (χ3n) is 2.67. The summed E-state index contributed by atoms with van der Waals surface area (Å²) in [6.45, 7) is 0.607. The van der Waals surface area contributed by atoms with Gasteiger partial charge in [-0.3, -0.25) is 9.59 Å². The van der Waals surface area contributed by atoms with E-state index in [0.717, 1.165) is 6.42 Å². The Morgan fingerprint density at radius 2 is 2.12 bits per heavy atom. The highest BCUT2D eigenvalue weighted by atomic mass is 16.5. The van der Waals surface area contributed by atoms with Crippen molar-refractivity contribution < 1.29 is 14.3 Å². The van der Waals surface area contributed by atoms with Crippen LogP contribution >= 0.6 is 0 Å². The van der Waals surface area contributed by atoms with E-state index in [9.17, 15) is 9.59 Å². The van der Waals surface area contributed by atoms with Crippen molar-refractivity contribution in [1.29, 1.82) is 0 Å². The Hall–Kier alpha value is -1.88. The van der Waals surface area contributed by atoms with Crippen molar-refractivity contribution in [2.75, 3.05) is 11.9 Å². The molecule has 1 fully saturated rings. The molecule has 17 heavy (non-hydrogen) atoms. The average molecular weight is 234 g/mol. The summed E-state index contributed by atoms with van der Waals surface area (Å²) < 4.78 is 5.26. The molecule has 1 aromatic rings. The van der Waals surface area contributed by atoms with Gasteiger partial charge in [-0.15, -0.1) is 0 Å². The normalized spacial score (nSPS) is 18.9. The van der Waals surface area contributed by atoms with Gasteiger partial charge in [0.15, 0.2) is 0 Å². The number of hydrogen-bond donors (Lipinski definition) is 2. The number of amides is 2. The molecule has 1 aliphatic heterocycles. The van der Waals surface area contributed by atoms with Gasteiger partial charge in [0.25, 0.3) is 11.8 Å². The van der Waals surface area contributed by atoms with E-state index >= 15 is 0 Å². The van der Waals surface area contributed by atoms with Crippen molar-refractivity contribution in [3.8, 4) is 0 Å². The summed E-state index contributed by atoms with van der Waals surface area (Å²) in [7, 11) is 0. The number of para-hydroxylation sites is 1. The molecule has 0 saturated carbocycles. The number of rotatable bonds is 3. The molecule has 0 aliphatic carbocycles. The Labute approximate surface area is 98.9 Å². The molecule has 90 valence electrons. The van der Waals surface area contributed by atoms with Crippen molar-refractivity contribution in [3.63, 3.8) is 0 Å². The zero-order chi connectivity index (χ0) is 12.3. The van der Waals surface area contributed by atoms with Crippen molar-refractivity contribution >= 4 is 17.5 Å². The summed E-state index contributed by atoms with van der Waals surface area (Å²) in [6.07, 6.45) is 1.18. The fourth-order valence-electron chi connectivity index (χ4n) is 1.80. The number of nitrogens with one attached hydrogen (secondary N) is 1. The van der Waals surface area contributed by atoms with Crippen LogP contribution in [0.1, 0.15) is 23.2 Å². The van der Waals surface area contributed by atoms with Crippen LogP contribution in [-0.2, 0) is 9.53 Å². The van der Waals surface area contributed by atoms with E-state index < -0.39 is 12.0 Å². The number of anilines is 1. The van der Waals surface area contributed by atoms with E-state index in [4.69, 9.17) is 10.5 Å². The molecule has 0 bridgehead atoms. The molecule has 3 N–H and O–H groups in total. The minimum absolute atomic E-state index is 0.226. The predicted octanol–water partition coefficient (Wildman–Crippen LogP) is 0.903. The fraction of sp³-hybridized carbons (Fsp3) is 0.333. The Bertz CT molecular complexity index is 439. The Morgan fingerprint density at radius 3 is 2.76 bits per heavy atom. The van der Waals surface area contributed by atoms with Gasteiger partial charge >= 0.3 is 0 Å². The molecule has 1 heterocycles. The summed E-state index contributed by atoms with van der Waals surface area (Å²) in [5.41, 5.74) is 5.96. The second-order valence-electron chi connectivity index (χ2n) is 3.90. The molecule has 1 atom stereocenters. The van der Waals surface area contributed by atoms with Crippen molar-refractivity contribution in [3.05, 3.63) is 29.8 Å². The summed E-state index contributed by atoms with van der Waals surface area (Å²) in [6, 6.07) is 6.65. The van der Waals surface area contributed by atoms with Crippen LogP contribution in [-0.4, -0.2) is 24.5 Å². The highest BCUT2D eigenvalue weighted by molar-refractivity contribution is 6.03. The molecule has 2 rings (SSSR count). The van der Waals surface area contributed by atoms with Gasteiger partial charge in [0.2, 0.25) is 0 Å². The van der Waals surface area contributed by atoms with E-state index in [0.29, 0.717) is 24.3 Å². The van der Waals surface area contributed by atoms with Crippen LogP contribution in [0.15, 0.2) is 24.3 Å². The molecule has 1 saturated heterocycles. The van der Waals surface area contributed by atoms with Crippen molar-refractivity contribution in [1.82, 2.24) is 0 Å². The lowest BCUT2D eigenvalue weighted by molar-refractivity contribution is -0.124. The summed E-state index contributed by atoms with van der Waals surface area (Å²) in [5, 5.41) is 2.67. The Balaban J connectivity index is 2.12. The molecule has 5 heteroatoms. The third-order valence-corrected chi connectivity index (χ3v) is 2.67. The van der Waals surface area contributed by atoms with Crippen LogP contribution in [0.4, 0.5) is 5.69 Å². The van der Waals surface area contributed by atoms with E-state index in [1.165, 1.54) is 0 Å². The smallest absolute Gasteiger partial charge is 0.253 e. The molecule has 0 radical (unpaired) electrons. The number of nitrogens with two attached hydrogens (primary N) is 1. The van der Waals surface area contributed by atoms with Gasteiger partial charge in [-0.1, -0.05) is 12.1 Å². The molecular weight excluding hydrogens is 220 g/mol. The van der Waals surface area contributed by atoms with Gasteiger partial charge < -0.3 is 15.8 Å². The first-order valence-corrected chi connectivity index (χ1v) is 5.50. The second kappa shape index (κ2) is 4.97. The molecule has 5 nitrogen and oxygen atoms in total. The first-order valence-electron chi connectivity index (χ1n) is 5.50. The standard InChI is InChI=1S/C12H14N2O3/c13-11(15)8-4-1-2-5-9(8)14-12(16)10-6-3-7-17-10/h1-2,4-5,10H,3,6-7H2,(H2,13,15)(H,14,16)/t10-/m1/s1. The predicted molar refractivity (Wildman–Crippen MR) is 62.6 cm³/mol. The van der Waals surface area contributed by atoms with Crippen LogP contribution in [0.5, 0.6) is 0 Å². The molecule has 0 unspecified atom stereocenters. The number of carbonyl (C=O) groups is 2. The maximum Gasteiger partial charge on any atom is 0.253 e. The van der Waals surface area contributed by atoms with Gasteiger partial charge in [0.05, 0.1) is 11.3 Å². The topological polar surface area (TPSA) is 81.4 Å². The minimum atomic E-state index is -0.562.